The summed E-state index contributed by atoms with van der Waals surface area (Å²) in [6.07, 6.45) is 23.8. The summed E-state index contributed by atoms with van der Waals surface area (Å²) in [5.74, 6) is -6.26. The number of phosphoric acid groups is 1. The third kappa shape index (κ3) is 22.7. The van der Waals surface area contributed by atoms with Gasteiger partial charge in [0.2, 0.25) is 5.82 Å². The molecule has 1 amide bonds. The van der Waals surface area contributed by atoms with E-state index in [-0.39, 0.29) is 18.2 Å². The third-order valence-corrected chi connectivity index (χ3v) is 10.9. The van der Waals surface area contributed by atoms with Crippen LogP contribution in [0.5, 0.6) is 5.75 Å². The normalized spacial score (nSPS) is 13.0. The van der Waals surface area contributed by atoms with Crippen LogP contribution in [0.3, 0.4) is 0 Å². The summed E-state index contributed by atoms with van der Waals surface area (Å²) in [6.45, 7) is 2.40. The highest BCUT2D eigenvalue weighted by Crippen LogP contribution is 2.43. The summed E-state index contributed by atoms with van der Waals surface area (Å²) in [4.78, 5) is 60.3. The summed E-state index contributed by atoms with van der Waals surface area (Å²) >= 11 is 0. The Bertz CT molecular complexity index is 1640. The van der Waals surface area contributed by atoms with Gasteiger partial charge in [-0.15, -0.1) is 0 Å². The Morgan fingerprint density at radius 3 is 1.75 bits per heavy atom. The van der Waals surface area contributed by atoms with Gasteiger partial charge in [-0.25, -0.2) is 13.8 Å². The lowest BCUT2D eigenvalue weighted by Crippen LogP contribution is -2.31. The lowest BCUT2D eigenvalue weighted by Gasteiger charge is -2.20. The van der Waals surface area contributed by atoms with E-state index >= 15 is 0 Å². The number of amides is 1. The molecule has 0 aliphatic rings. The molecule has 0 radical (unpaired) electrons. The number of hydrogen-bond acceptors (Lipinski definition) is 11. The van der Waals surface area contributed by atoms with E-state index in [9.17, 15) is 42.5 Å². The topological polar surface area (TPSA) is 188 Å². The number of unbranched alkanes of at least 4 members (excludes halogenated alkanes) is 20. The maximum Gasteiger partial charge on any atom is 0.472 e. The summed E-state index contributed by atoms with van der Waals surface area (Å²) < 4.78 is 66.1. The Hall–Kier alpha value is -3.39. The minimum Gasteiger partial charge on any atom is -0.503 e. The van der Waals surface area contributed by atoms with Crippen molar-refractivity contribution >= 4 is 36.6 Å². The van der Waals surface area contributed by atoms with Crippen LogP contribution in [-0.4, -0.2) is 60.3 Å². The number of carbonyl (C=O) groups excluding carboxylic acids is 3. The maximum atomic E-state index is 14.1. The molecule has 1 heterocycles. The smallest absolute Gasteiger partial charge is 0.472 e. The number of phenolic OH excluding ortho intramolecular Hbond substituents is 1. The van der Waals surface area contributed by atoms with Crippen LogP contribution in [0.25, 0.3) is 11.0 Å². The number of rotatable bonds is 35. The van der Waals surface area contributed by atoms with Gasteiger partial charge in [0.25, 0.3) is 5.91 Å². The van der Waals surface area contributed by atoms with Gasteiger partial charge in [0.15, 0.2) is 23.3 Å². The maximum absolute atomic E-state index is 14.1. The fourth-order valence-corrected chi connectivity index (χ4v) is 7.21. The first-order valence-corrected chi connectivity index (χ1v) is 23.3. The van der Waals surface area contributed by atoms with Crippen molar-refractivity contribution in [3.05, 3.63) is 39.8 Å². The zero-order valence-corrected chi connectivity index (χ0v) is 36.1. The van der Waals surface area contributed by atoms with E-state index in [2.05, 4.69) is 19.2 Å². The molecule has 1 aromatic heterocycles. The van der Waals surface area contributed by atoms with E-state index in [1.54, 1.807) is 0 Å². The van der Waals surface area contributed by atoms with Crippen LogP contribution in [0.1, 0.15) is 178 Å². The van der Waals surface area contributed by atoms with E-state index in [0.717, 1.165) is 51.0 Å². The van der Waals surface area contributed by atoms with E-state index in [1.165, 1.54) is 83.5 Å². The van der Waals surface area contributed by atoms with Gasteiger partial charge in [-0.3, -0.25) is 23.4 Å². The van der Waals surface area contributed by atoms with Gasteiger partial charge in [-0.2, -0.15) is 4.39 Å². The van der Waals surface area contributed by atoms with E-state index < -0.39 is 92.3 Å². The van der Waals surface area contributed by atoms with Crippen LogP contribution in [0, 0.1) is 11.6 Å². The van der Waals surface area contributed by atoms with Gasteiger partial charge >= 0.3 is 25.4 Å². The van der Waals surface area contributed by atoms with Crippen LogP contribution >= 0.6 is 7.82 Å². The minimum absolute atomic E-state index is 0.120. The Morgan fingerprint density at radius 1 is 0.729 bits per heavy atom. The Kier molecular flexibility index (Phi) is 26.8. The number of nitrogens with one attached hydrogen (secondary N) is 1. The van der Waals surface area contributed by atoms with Crippen molar-refractivity contribution in [3.63, 3.8) is 0 Å². The standard InChI is InChI=1S/C43H68F2NO12P/c1-3-5-7-9-11-13-15-17-19-21-23-25-37(47)54-31-34(57-38(48)26-24-22-20-18-16-14-12-10-8-6-4-2)32-56-59(52,53)55-28-27-46-42(50)35-29-33-30-36(44)40(49)39(45)41(33)58-43(35)51/h29-30,34,49H,3-28,31-32H2,1-2H3,(H,46,50)(H,52,53). The molecule has 0 fully saturated rings. The number of phenols is 1. The molecule has 16 heteroatoms. The van der Waals surface area contributed by atoms with Crippen LogP contribution in [0.2, 0.25) is 0 Å². The highest BCUT2D eigenvalue weighted by atomic mass is 31.2. The summed E-state index contributed by atoms with van der Waals surface area (Å²) in [5.41, 5.74) is -2.65. The molecule has 2 rings (SSSR count). The predicted octanol–water partition coefficient (Wildman–Crippen LogP) is 10.5. The van der Waals surface area contributed by atoms with E-state index in [4.69, 9.17) is 22.9 Å². The molecule has 0 aliphatic carbocycles. The van der Waals surface area contributed by atoms with Crippen molar-refractivity contribution in [2.75, 3.05) is 26.4 Å². The quantitative estimate of drug-likeness (QED) is 0.0258. The number of benzene rings is 1. The van der Waals surface area contributed by atoms with Crippen molar-refractivity contribution in [2.45, 2.75) is 174 Å². The number of carbonyl (C=O) groups is 3. The van der Waals surface area contributed by atoms with E-state index in [1.807, 2.05) is 0 Å². The Labute approximate surface area is 347 Å². The summed E-state index contributed by atoms with van der Waals surface area (Å²) in [7, 11) is -4.79. The predicted molar refractivity (Wildman–Crippen MR) is 221 cm³/mol. The lowest BCUT2D eigenvalue weighted by molar-refractivity contribution is -0.161. The second kappa shape index (κ2) is 30.6. The lowest BCUT2D eigenvalue weighted by atomic mass is 10.1. The molecular weight excluding hydrogens is 791 g/mol. The number of aromatic hydroxyl groups is 1. The third-order valence-electron chi connectivity index (χ3n) is 9.90. The van der Waals surface area contributed by atoms with Crippen molar-refractivity contribution in [2.24, 2.45) is 0 Å². The van der Waals surface area contributed by atoms with Gasteiger partial charge in [0.1, 0.15) is 12.2 Å². The van der Waals surface area contributed by atoms with Gasteiger partial charge in [-0.05, 0) is 25.0 Å². The zero-order valence-electron chi connectivity index (χ0n) is 35.2. The molecule has 0 saturated carbocycles. The number of hydrogen-bond donors (Lipinski definition) is 3. The average molecular weight is 860 g/mol. The van der Waals surface area contributed by atoms with Gasteiger partial charge < -0.3 is 29.2 Å². The number of ether oxygens (including phenoxy) is 2. The van der Waals surface area contributed by atoms with Crippen LogP contribution in [-0.2, 0) is 32.7 Å². The second-order valence-electron chi connectivity index (χ2n) is 15.1. The minimum atomic E-state index is -4.79. The molecule has 2 aromatic rings. The summed E-state index contributed by atoms with van der Waals surface area (Å²) in [5, 5.41) is 11.4. The highest BCUT2D eigenvalue weighted by Gasteiger charge is 2.27. The molecule has 336 valence electrons. The molecule has 0 bridgehead atoms. The molecule has 13 nitrogen and oxygen atoms in total. The molecule has 2 unspecified atom stereocenters. The number of fused-ring (bicyclic) bond motifs is 1. The largest absolute Gasteiger partial charge is 0.503 e. The van der Waals surface area contributed by atoms with Gasteiger partial charge in [-0.1, -0.05) is 142 Å². The van der Waals surface area contributed by atoms with Crippen LogP contribution < -0.4 is 10.9 Å². The number of esters is 2. The van der Waals surface area contributed by atoms with Crippen LogP contribution in [0.15, 0.2) is 21.3 Å². The molecular formula is C43H68F2NO12P. The highest BCUT2D eigenvalue weighted by molar-refractivity contribution is 7.47. The van der Waals surface area contributed by atoms with Crippen molar-refractivity contribution in [1.29, 1.82) is 0 Å². The fourth-order valence-electron chi connectivity index (χ4n) is 6.46. The number of phosphoric ester groups is 1. The number of halogens is 2. The molecule has 0 saturated heterocycles. The molecule has 2 atom stereocenters. The van der Waals surface area contributed by atoms with Crippen molar-refractivity contribution in [3.8, 4) is 5.75 Å². The fraction of sp³-hybridized carbons (Fsp3) is 0.721. The first-order valence-electron chi connectivity index (χ1n) is 21.8. The molecule has 3 N–H and O–H groups in total. The molecule has 59 heavy (non-hydrogen) atoms. The van der Waals surface area contributed by atoms with E-state index in [0.29, 0.717) is 18.9 Å². The zero-order chi connectivity index (χ0) is 43.3. The van der Waals surface area contributed by atoms with Gasteiger partial charge in [0, 0.05) is 24.8 Å². The Balaban J connectivity index is 1.80. The molecule has 0 spiro atoms. The first-order chi connectivity index (χ1) is 28.4. The summed E-state index contributed by atoms with van der Waals surface area (Å²) in [6, 6.07) is 1.55. The molecule has 1 aromatic carbocycles. The molecule has 0 aliphatic heterocycles. The SMILES string of the molecule is CCCCCCCCCCCCCC(=O)OCC(COP(=O)(O)OCCNC(=O)c1cc2cc(F)c(O)c(F)c2oc1=O)OC(=O)CCCCCCCCCCCCC. The van der Waals surface area contributed by atoms with Crippen molar-refractivity contribution in [1.82, 2.24) is 5.32 Å². The van der Waals surface area contributed by atoms with Gasteiger partial charge in [0.05, 0.1) is 13.2 Å². The average Bonchev–Trinajstić information content (AvgIpc) is 3.20. The van der Waals surface area contributed by atoms with Crippen molar-refractivity contribution < 1.29 is 60.7 Å². The monoisotopic (exact) mass is 859 g/mol. The first kappa shape index (κ1) is 51.8. The Morgan fingerprint density at radius 2 is 1.22 bits per heavy atom. The second-order valence-corrected chi connectivity index (χ2v) is 16.6. The van der Waals surface area contributed by atoms with Crippen LogP contribution in [0.4, 0.5) is 8.78 Å².